The van der Waals surface area contributed by atoms with Gasteiger partial charge in [0.2, 0.25) is 11.8 Å². The zero-order chi connectivity index (χ0) is 14.7. The van der Waals surface area contributed by atoms with Crippen molar-refractivity contribution in [1.82, 2.24) is 5.32 Å². The van der Waals surface area contributed by atoms with Crippen LogP contribution in [0.25, 0.3) is 0 Å². The lowest BCUT2D eigenvalue weighted by atomic mass is 10.1. The van der Waals surface area contributed by atoms with E-state index < -0.39 is 12.0 Å². The molecule has 7 heteroatoms. The molecule has 20 heavy (non-hydrogen) atoms. The number of carboxylic acids is 1. The molecule has 0 radical (unpaired) electrons. The Bertz CT molecular complexity index is 570. The van der Waals surface area contributed by atoms with Crippen LogP contribution in [0.4, 0.5) is 5.69 Å². The number of aromatic carboxylic acids is 1. The van der Waals surface area contributed by atoms with Gasteiger partial charge in [0, 0.05) is 18.2 Å². The van der Waals surface area contributed by atoms with Gasteiger partial charge in [-0.1, -0.05) is 0 Å². The maximum atomic E-state index is 11.9. The summed E-state index contributed by atoms with van der Waals surface area (Å²) in [5.74, 6) is -1.43. The smallest absolute Gasteiger partial charge is 0.339 e. The quantitative estimate of drug-likeness (QED) is 0.748. The summed E-state index contributed by atoms with van der Waals surface area (Å²) >= 11 is 0. The summed E-state index contributed by atoms with van der Waals surface area (Å²) < 4.78 is 4.97. The minimum Gasteiger partial charge on any atom is -0.496 e. The molecule has 3 N–H and O–H groups in total. The topological polar surface area (TPSA) is 105 Å². The summed E-state index contributed by atoms with van der Waals surface area (Å²) in [6.45, 7) is 0. The Morgan fingerprint density at radius 3 is 2.75 bits per heavy atom. The highest BCUT2D eigenvalue weighted by Crippen LogP contribution is 2.23. The van der Waals surface area contributed by atoms with E-state index in [-0.39, 0.29) is 23.1 Å². The molecule has 0 unspecified atom stereocenters. The van der Waals surface area contributed by atoms with Crippen LogP contribution in [0.3, 0.4) is 0 Å². The molecule has 2 amide bonds. The van der Waals surface area contributed by atoms with Crippen LogP contribution in [0.1, 0.15) is 23.2 Å². The van der Waals surface area contributed by atoms with Gasteiger partial charge in [0.15, 0.2) is 0 Å². The Morgan fingerprint density at radius 2 is 2.20 bits per heavy atom. The Kier molecular flexibility index (Phi) is 3.88. The molecule has 7 nitrogen and oxygen atoms in total. The molecule has 0 spiro atoms. The van der Waals surface area contributed by atoms with E-state index in [9.17, 15) is 14.4 Å². The van der Waals surface area contributed by atoms with Crippen molar-refractivity contribution in [3.8, 4) is 5.75 Å². The van der Waals surface area contributed by atoms with Crippen LogP contribution >= 0.6 is 0 Å². The number of carbonyl (C=O) groups excluding carboxylic acids is 2. The van der Waals surface area contributed by atoms with Crippen LogP contribution < -0.4 is 15.4 Å². The van der Waals surface area contributed by atoms with Crippen molar-refractivity contribution in [1.29, 1.82) is 0 Å². The van der Waals surface area contributed by atoms with Gasteiger partial charge >= 0.3 is 5.97 Å². The van der Waals surface area contributed by atoms with E-state index in [2.05, 4.69) is 10.6 Å². The standard InChI is InChI=1S/C13H14N2O5/c1-20-10-6-7(2-3-8(10)13(18)19)14-12(17)9-4-5-11(16)15-9/h2-3,6,9H,4-5H2,1H3,(H,14,17)(H,15,16)(H,18,19)/t9-/m1/s1. The third kappa shape index (κ3) is 2.87. The number of anilines is 1. The Morgan fingerprint density at radius 1 is 1.45 bits per heavy atom. The summed E-state index contributed by atoms with van der Waals surface area (Å²) in [6, 6.07) is 3.70. The van der Waals surface area contributed by atoms with Gasteiger partial charge in [0.1, 0.15) is 17.4 Å². The molecule has 1 aromatic carbocycles. The number of methoxy groups -OCH3 is 1. The fourth-order valence-corrected chi connectivity index (χ4v) is 1.99. The summed E-state index contributed by atoms with van der Waals surface area (Å²) in [4.78, 5) is 33.9. The molecular formula is C13H14N2O5. The van der Waals surface area contributed by atoms with Crippen molar-refractivity contribution in [2.75, 3.05) is 12.4 Å². The normalized spacial score (nSPS) is 17.4. The predicted molar refractivity (Wildman–Crippen MR) is 69.7 cm³/mol. The molecule has 2 rings (SSSR count). The molecule has 0 aliphatic carbocycles. The summed E-state index contributed by atoms with van der Waals surface area (Å²) in [6.07, 6.45) is 0.786. The first-order valence-electron chi connectivity index (χ1n) is 6.03. The van der Waals surface area contributed by atoms with Gasteiger partial charge < -0.3 is 20.5 Å². The maximum Gasteiger partial charge on any atom is 0.339 e. The van der Waals surface area contributed by atoms with Crippen molar-refractivity contribution in [2.45, 2.75) is 18.9 Å². The van der Waals surface area contributed by atoms with Crippen LogP contribution in [0.15, 0.2) is 18.2 Å². The maximum absolute atomic E-state index is 11.9. The van der Waals surface area contributed by atoms with Crippen LogP contribution in [0.5, 0.6) is 5.75 Å². The average molecular weight is 278 g/mol. The van der Waals surface area contributed by atoms with E-state index in [0.29, 0.717) is 18.5 Å². The molecule has 1 aliphatic heterocycles. The first-order chi connectivity index (χ1) is 9.51. The van der Waals surface area contributed by atoms with Crippen LogP contribution in [0, 0.1) is 0 Å². The second kappa shape index (κ2) is 5.60. The zero-order valence-corrected chi connectivity index (χ0v) is 10.8. The molecule has 1 aromatic rings. The van der Waals surface area contributed by atoms with Crippen LogP contribution in [-0.4, -0.2) is 36.0 Å². The molecule has 1 heterocycles. The minimum atomic E-state index is -1.11. The van der Waals surface area contributed by atoms with Gasteiger partial charge in [-0.05, 0) is 18.6 Å². The predicted octanol–water partition coefficient (Wildman–Crippen LogP) is 0.610. The number of hydrogen-bond donors (Lipinski definition) is 3. The van der Waals surface area contributed by atoms with Crippen molar-refractivity contribution in [3.05, 3.63) is 23.8 Å². The van der Waals surface area contributed by atoms with Crippen molar-refractivity contribution < 1.29 is 24.2 Å². The molecule has 1 fully saturated rings. The van der Waals surface area contributed by atoms with Gasteiger partial charge in [-0.25, -0.2) is 4.79 Å². The van der Waals surface area contributed by atoms with Crippen LogP contribution in [0.2, 0.25) is 0 Å². The molecular weight excluding hydrogens is 264 g/mol. The third-order valence-electron chi connectivity index (χ3n) is 3.01. The van der Waals surface area contributed by atoms with E-state index >= 15 is 0 Å². The summed E-state index contributed by atoms with van der Waals surface area (Å²) in [7, 11) is 1.35. The number of carboxylic acid groups (broad SMARTS) is 1. The number of ether oxygens (including phenoxy) is 1. The lowest BCUT2D eigenvalue weighted by Crippen LogP contribution is -2.37. The number of carbonyl (C=O) groups is 3. The fourth-order valence-electron chi connectivity index (χ4n) is 1.99. The van der Waals surface area contributed by atoms with Crippen molar-refractivity contribution in [3.63, 3.8) is 0 Å². The van der Waals surface area contributed by atoms with E-state index in [1.54, 1.807) is 0 Å². The van der Waals surface area contributed by atoms with E-state index in [1.165, 1.54) is 25.3 Å². The molecule has 0 saturated carbocycles. The van der Waals surface area contributed by atoms with Gasteiger partial charge in [-0.15, -0.1) is 0 Å². The first kappa shape index (κ1) is 13.9. The van der Waals surface area contributed by atoms with E-state index in [1.807, 2.05) is 0 Å². The van der Waals surface area contributed by atoms with Crippen molar-refractivity contribution >= 4 is 23.5 Å². The SMILES string of the molecule is COc1cc(NC(=O)[C@H]2CCC(=O)N2)ccc1C(=O)O. The Labute approximate surface area is 114 Å². The van der Waals surface area contributed by atoms with E-state index in [0.717, 1.165) is 0 Å². The highest BCUT2D eigenvalue weighted by Gasteiger charge is 2.27. The lowest BCUT2D eigenvalue weighted by molar-refractivity contribution is -0.122. The van der Waals surface area contributed by atoms with Gasteiger partial charge in [-0.2, -0.15) is 0 Å². The highest BCUT2D eigenvalue weighted by molar-refractivity contribution is 5.99. The molecule has 106 valence electrons. The molecule has 0 bridgehead atoms. The van der Waals surface area contributed by atoms with E-state index in [4.69, 9.17) is 9.84 Å². The largest absolute Gasteiger partial charge is 0.496 e. The summed E-state index contributed by atoms with van der Waals surface area (Å²) in [5, 5.41) is 14.1. The van der Waals surface area contributed by atoms with Gasteiger partial charge in [0.05, 0.1) is 7.11 Å². The second-order valence-corrected chi connectivity index (χ2v) is 4.37. The zero-order valence-electron chi connectivity index (χ0n) is 10.8. The number of nitrogens with one attached hydrogen (secondary N) is 2. The highest BCUT2D eigenvalue weighted by atomic mass is 16.5. The van der Waals surface area contributed by atoms with Gasteiger partial charge in [0.25, 0.3) is 0 Å². The molecule has 1 aliphatic rings. The minimum absolute atomic E-state index is 0.0136. The number of amides is 2. The van der Waals surface area contributed by atoms with Crippen LogP contribution in [-0.2, 0) is 9.59 Å². The molecule has 0 aromatic heterocycles. The second-order valence-electron chi connectivity index (χ2n) is 4.37. The number of rotatable bonds is 4. The first-order valence-corrected chi connectivity index (χ1v) is 6.03. The molecule has 1 atom stereocenters. The third-order valence-corrected chi connectivity index (χ3v) is 3.01. The van der Waals surface area contributed by atoms with Gasteiger partial charge in [-0.3, -0.25) is 9.59 Å². The van der Waals surface area contributed by atoms with Crippen molar-refractivity contribution in [2.24, 2.45) is 0 Å². The monoisotopic (exact) mass is 278 g/mol. The fraction of sp³-hybridized carbons (Fsp3) is 0.308. The number of hydrogen-bond acceptors (Lipinski definition) is 4. The summed E-state index contributed by atoms with van der Waals surface area (Å²) in [5.41, 5.74) is 0.428. The average Bonchev–Trinajstić information content (AvgIpc) is 2.85. The molecule has 1 saturated heterocycles. The Hall–Kier alpha value is -2.57. The number of benzene rings is 1. The lowest BCUT2D eigenvalue weighted by Gasteiger charge is -2.12. The Balaban J connectivity index is 2.11.